The highest BCUT2D eigenvalue weighted by atomic mass is 16.2. The zero-order valence-electron chi connectivity index (χ0n) is 14.7. The van der Waals surface area contributed by atoms with Gasteiger partial charge in [0.15, 0.2) is 0 Å². The van der Waals surface area contributed by atoms with Gasteiger partial charge in [0.05, 0.1) is 0 Å². The van der Waals surface area contributed by atoms with Gasteiger partial charge in [0.25, 0.3) is 5.91 Å². The molecule has 3 aliphatic rings. The van der Waals surface area contributed by atoms with Crippen LogP contribution in [0.1, 0.15) is 24.0 Å². The average molecular weight is 356 g/mol. The van der Waals surface area contributed by atoms with Crippen molar-refractivity contribution in [3.8, 4) is 0 Å². The quantitative estimate of drug-likeness (QED) is 0.760. The SMILES string of the molecule is O=C1NC(=O)C(CCC(=O)N2CCN(C3Cc4ccccc4C3)CC2)N1. The number of piperazine rings is 1. The lowest BCUT2D eigenvalue weighted by Crippen LogP contribution is -2.52. The largest absolute Gasteiger partial charge is 0.340 e. The summed E-state index contributed by atoms with van der Waals surface area (Å²) in [4.78, 5) is 39.4. The van der Waals surface area contributed by atoms with E-state index in [1.165, 1.54) is 11.1 Å². The van der Waals surface area contributed by atoms with E-state index in [9.17, 15) is 14.4 Å². The Morgan fingerprint density at radius 2 is 1.69 bits per heavy atom. The number of hydrogen-bond donors (Lipinski definition) is 2. The summed E-state index contributed by atoms with van der Waals surface area (Å²) in [5, 5.41) is 4.73. The van der Waals surface area contributed by atoms with Gasteiger partial charge in [-0.15, -0.1) is 0 Å². The standard InChI is InChI=1S/C19H24N4O3/c24-17(6-5-16-18(25)21-19(26)20-16)23-9-7-22(8-10-23)15-11-13-3-1-2-4-14(13)12-15/h1-4,15-16H,5-12H2,(H2,20,21,25,26). The Bertz CT molecular complexity index is 702. The van der Waals surface area contributed by atoms with Crippen LogP contribution in [0.3, 0.4) is 0 Å². The lowest BCUT2D eigenvalue weighted by molar-refractivity contribution is -0.133. The maximum atomic E-state index is 12.4. The van der Waals surface area contributed by atoms with Gasteiger partial charge < -0.3 is 10.2 Å². The molecular weight excluding hydrogens is 332 g/mol. The molecule has 2 saturated heterocycles. The fourth-order valence-corrected chi connectivity index (χ4v) is 4.22. The zero-order chi connectivity index (χ0) is 18.1. The number of carbonyl (C=O) groups excluding carboxylic acids is 3. The van der Waals surface area contributed by atoms with Gasteiger partial charge in [-0.2, -0.15) is 0 Å². The fraction of sp³-hybridized carbons (Fsp3) is 0.526. The molecule has 0 radical (unpaired) electrons. The molecule has 1 unspecified atom stereocenters. The average Bonchev–Trinajstić information content (AvgIpc) is 3.22. The van der Waals surface area contributed by atoms with E-state index in [1.54, 1.807) is 0 Å². The van der Waals surface area contributed by atoms with Crippen molar-refractivity contribution < 1.29 is 14.4 Å². The van der Waals surface area contributed by atoms with Gasteiger partial charge in [0.2, 0.25) is 5.91 Å². The van der Waals surface area contributed by atoms with E-state index in [4.69, 9.17) is 0 Å². The number of nitrogens with zero attached hydrogens (tertiary/aromatic N) is 2. The number of urea groups is 1. The molecule has 0 bridgehead atoms. The van der Waals surface area contributed by atoms with Gasteiger partial charge in [0.1, 0.15) is 6.04 Å². The second-order valence-electron chi connectivity index (χ2n) is 7.30. The molecule has 26 heavy (non-hydrogen) atoms. The van der Waals surface area contributed by atoms with E-state index in [2.05, 4.69) is 39.8 Å². The molecule has 4 rings (SSSR count). The van der Waals surface area contributed by atoms with Crippen LogP contribution in [0.4, 0.5) is 4.79 Å². The number of rotatable bonds is 4. The van der Waals surface area contributed by atoms with Gasteiger partial charge in [-0.25, -0.2) is 4.79 Å². The van der Waals surface area contributed by atoms with Gasteiger partial charge >= 0.3 is 6.03 Å². The van der Waals surface area contributed by atoms with Crippen LogP contribution < -0.4 is 10.6 Å². The molecule has 1 aliphatic carbocycles. The Hall–Kier alpha value is -2.41. The first kappa shape index (κ1) is 17.0. The van der Waals surface area contributed by atoms with Gasteiger partial charge in [-0.1, -0.05) is 24.3 Å². The summed E-state index contributed by atoms with van der Waals surface area (Å²) < 4.78 is 0. The van der Waals surface area contributed by atoms with E-state index in [-0.39, 0.29) is 18.2 Å². The van der Waals surface area contributed by atoms with Gasteiger partial charge in [-0.3, -0.25) is 19.8 Å². The molecule has 2 aliphatic heterocycles. The molecule has 0 spiro atoms. The monoisotopic (exact) mass is 356 g/mol. The summed E-state index contributed by atoms with van der Waals surface area (Å²) in [7, 11) is 0. The van der Waals surface area contributed by atoms with Crippen LogP contribution >= 0.6 is 0 Å². The maximum absolute atomic E-state index is 12.4. The molecule has 2 fully saturated rings. The summed E-state index contributed by atoms with van der Waals surface area (Å²) in [5.41, 5.74) is 2.90. The zero-order valence-corrected chi connectivity index (χ0v) is 14.7. The Morgan fingerprint density at radius 1 is 1.04 bits per heavy atom. The number of benzene rings is 1. The molecule has 0 saturated carbocycles. The molecule has 2 N–H and O–H groups in total. The number of amides is 4. The van der Waals surface area contributed by atoms with Crippen LogP contribution in [-0.2, 0) is 22.4 Å². The third kappa shape index (κ3) is 3.44. The van der Waals surface area contributed by atoms with Crippen LogP contribution in [-0.4, -0.2) is 65.9 Å². The van der Waals surface area contributed by atoms with Crippen molar-refractivity contribution in [3.05, 3.63) is 35.4 Å². The Kier molecular flexibility index (Phi) is 4.63. The van der Waals surface area contributed by atoms with Crippen molar-refractivity contribution in [2.45, 2.75) is 37.8 Å². The van der Waals surface area contributed by atoms with Crippen molar-refractivity contribution in [3.63, 3.8) is 0 Å². The minimum absolute atomic E-state index is 0.0632. The normalized spacial score (nSPS) is 23.7. The predicted octanol–water partition coefficient (Wildman–Crippen LogP) is 0.286. The van der Waals surface area contributed by atoms with Gasteiger partial charge in [0, 0.05) is 38.6 Å². The summed E-state index contributed by atoms with van der Waals surface area (Å²) in [5.74, 6) is -0.276. The lowest BCUT2D eigenvalue weighted by atomic mass is 10.1. The van der Waals surface area contributed by atoms with Crippen LogP contribution in [0.2, 0.25) is 0 Å². The minimum atomic E-state index is -0.579. The smallest absolute Gasteiger partial charge is 0.322 e. The van der Waals surface area contributed by atoms with Crippen LogP contribution in [0.15, 0.2) is 24.3 Å². The maximum Gasteiger partial charge on any atom is 0.322 e. The molecule has 2 heterocycles. The fourth-order valence-electron chi connectivity index (χ4n) is 4.22. The van der Waals surface area contributed by atoms with Gasteiger partial charge in [-0.05, 0) is 30.4 Å². The number of imide groups is 1. The second-order valence-corrected chi connectivity index (χ2v) is 7.30. The Balaban J connectivity index is 1.23. The third-order valence-corrected chi connectivity index (χ3v) is 5.72. The third-order valence-electron chi connectivity index (χ3n) is 5.72. The second kappa shape index (κ2) is 7.07. The molecule has 1 atom stereocenters. The topological polar surface area (TPSA) is 81.8 Å². The number of fused-ring (bicyclic) bond motifs is 1. The van der Waals surface area contributed by atoms with E-state index in [0.717, 1.165) is 39.0 Å². The molecule has 0 aromatic heterocycles. The van der Waals surface area contributed by atoms with Crippen molar-refractivity contribution in [2.75, 3.05) is 26.2 Å². The molecule has 4 amide bonds. The first-order valence-electron chi connectivity index (χ1n) is 9.30. The van der Waals surface area contributed by atoms with E-state index in [1.807, 2.05) is 4.90 Å². The number of carbonyl (C=O) groups is 3. The lowest BCUT2D eigenvalue weighted by Gasteiger charge is -2.38. The molecule has 138 valence electrons. The van der Waals surface area contributed by atoms with E-state index >= 15 is 0 Å². The van der Waals surface area contributed by atoms with E-state index in [0.29, 0.717) is 12.5 Å². The van der Waals surface area contributed by atoms with Crippen molar-refractivity contribution in [2.24, 2.45) is 0 Å². The summed E-state index contributed by atoms with van der Waals surface area (Å²) in [6.45, 7) is 3.25. The van der Waals surface area contributed by atoms with Crippen molar-refractivity contribution in [1.29, 1.82) is 0 Å². The summed E-state index contributed by atoms with van der Waals surface area (Å²) in [6.07, 6.45) is 2.84. The van der Waals surface area contributed by atoms with Crippen molar-refractivity contribution in [1.82, 2.24) is 20.4 Å². The van der Waals surface area contributed by atoms with Crippen LogP contribution in [0.5, 0.6) is 0 Å². The Morgan fingerprint density at radius 3 is 2.27 bits per heavy atom. The van der Waals surface area contributed by atoms with E-state index < -0.39 is 12.1 Å². The highest BCUT2D eigenvalue weighted by Crippen LogP contribution is 2.26. The van der Waals surface area contributed by atoms with Crippen LogP contribution in [0, 0.1) is 0 Å². The molecular formula is C19H24N4O3. The van der Waals surface area contributed by atoms with Crippen LogP contribution in [0.25, 0.3) is 0 Å². The summed E-state index contributed by atoms with van der Waals surface area (Å²) >= 11 is 0. The molecule has 7 nitrogen and oxygen atoms in total. The molecule has 1 aromatic carbocycles. The number of hydrogen-bond acceptors (Lipinski definition) is 4. The predicted molar refractivity (Wildman–Crippen MR) is 95.5 cm³/mol. The molecule has 1 aromatic rings. The summed E-state index contributed by atoms with van der Waals surface area (Å²) in [6, 6.07) is 8.13. The highest BCUT2D eigenvalue weighted by Gasteiger charge is 2.32. The number of nitrogens with one attached hydrogen (secondary N) is 2. The first-order valence-corrected chi connectivity index (χ1v) is 9.30. The Labute approximate surface area is 152 Å². The first-order chi connectivity index (χ1) is 12.6. The molecule has 7 heteroatoms. The minimum Gasteiger partial charge on any atom is -0.340 e. The highest BCUT2D eigenvalue weighted by molar-refractivity contribution is 6.04. The van der Waals surface area contributed by atoms with Crippen molar-refractivity contribution >= 4 is 17.8 Å².